The molecule has 0 atom stereocenters. The van der Waals surface area contributed by atoms with Gasteiger partial charge in [-0.25, -0.2) is 0 Å². The van der Waals surface area contributed by atoms with Gasteiger partial charge in [-0.1, -0.05) is 11.6 Å². The van der Waals surface area contributed by atoms with Crippen LogP contribution in [0.5, 0.6) is 5.75 Å². The summed E-state index contributed by atoms with van der Waals surface area (Å²) in [5, 5.41) is 8.32. The molecule has 0 fully saturated rings. The number of ether oxygens (including phenoxy) is 1. The SMILES string of the molecule is Cn1cc(CNCc2cc(Cl)cc3c2OCC3)cn1. The second-order valence-electron chi connectivity index (χ2n) is 4.78. The Morgan fingerprint density at radius 3 is 3.11 bits per heavy atom. The van der Waals surface area contributed by atoms with Crippen molar-refractivity contribution in [3.05, 3.63) is 46.2 Å². The summed E-state index contributed by atoms with van der Waals surface area (Å²) < 4.78 is 7.48. The summed E-state index contributed by atoms with van der Waals surface area (Å²) >= 11 is 6.13. The summed E-state index contributed by atoms with van der Waals surface area (Å²) in [6.45, 7) is 2.29. The minimum Gasteiger partial charge on any atom is -0.493 e. The molecule has 0 bridgehead atoms. The average molecular weight is 278 g/mol. The maximum Gasteiger partial charge on any atom is 0.127 e. The minimum absolute atomic E-state index is 0.748. The van der Waals surface area contributed by atoms with E-state index in [1.807, 2.05) is 31.6 Å². The second-order valence-corrected chi connectivity index (χ2v) is 5.21. The molecule has 0 saturated carbocycles. The van der Waals surface area contributed by atoms with E-state index in [2.05, 4.69) is 10.4 Å². The molecule has 100 valence electrons. The number of fused-ring (bicyclic) bond motifs is 1. The van der Waals surface area contributed by atoms with Crippen molar-refractivity contribution in [2.75, 3.05) is 6.61 Å². The normalized spacial score (nSPS) is 13.4. The molecule has 1 aliphatic rings. The molecule has 1 N–H and O–H groups in total. The number of aryl methyl sites for hydroxylation is 1. The molecule has 0 aliphatic carbocycles. The fourth-order valence-corrected chi connectivity index (χ4v) is 2.65. The van der Waals surface area contributed by atoms with Crippen LogP contribution in [0.15, 0.2) is 24.5 Å². The number of nitrogens with one attached hydrogen (secondary N) is 1. The van der Waals surface area contributed by atoms with Crippen LogP contribution in [-0.4, -0.2) is 16.4 Å². The summed E-state index contributed by atoms with van der Waals surface area (Å²) in [6, 6.07) is 3.97. The third-order valence-electron chi connectivity index (χ3n) is 3.23. The summed E-state index contributed by atoms with van der Waals surface area (Å²) in [5.74, 6) is 1.00. The molecule has 0 spiro atoms. The molecule has 0 unspecified atom stereocenters. The number of hydrogen-bond donors (Lipinski definition) is 1. The molecule has 5 heteroatoms. The Kier molecular flexibility index (Phi) is 3.44. The van der Waals surface area contributed by atoms with Crippen molar-refractivity contribution in [1.82, 2.24) is 15.1 Å². The van der Waals surface area contributed by atoms with E-state index in [0.29, 0.717) is 0 Å². The van der Waals surface area contributed by atoms with E-state index < -0.39 is 0 Å². The van der Waals surface area contributed by atoms with Crippen molar-refractivity contribution < 1.29 is 4.74 Å². The van der Waals surface area contributed by atoms with Crippen molar-refractivity contribution in [1.29, 1.82) is 0 Å². The van der Waals surface area contributed by atoms with Crippen LogP contribution in [-0.2, 0) is 26.6 Å². The van der Waals surface area contributed by atoms with Crippen molar-refractivity contribution in [2.45, 2.75) is 19.5 Å². The quantitative estimate of drug-likeness (QED) is 0.932. The first-order chi connectivity index (χ1) is 9.22. The van der Waals surface area contributed by atoms with Gasteiger partial charge in [-0.05, 0) is 17.7 Å². The van der Waals surface area contributed by atoms with Crippen molar-refractivity contribution >= 4 is 11.6 Å². The zero-order valence-electron chi connectivity index (χ0n) is 10.8. The highest BCUT2D eigenvalue weighted by atomic mass is 35.5. The molecule has 4 nitrogen and oxygen atoms in total. The Bertz CT molecular complexity index is 594. The monoisotopic (exact) mass is 277 g/mol. The molecule has 2 aromatic rings. The average Bonchev–Trinajstić information content (AvgIpc) is 2.98. The first kappa shape index (κ1) is 12.5. The lowest BCUT2D eigenvalue weighted by molar-refractivity contribution is 0.352. The third-order valence-corrected chi connectivity index (χ3v) is 3.45. The van der Waals surface area contributed by atoms with Crippen LogP contribution in [0, 0.1) is 0 Å². The van der Waals surface area contributed by atoms with Crippen LogP contribution in [0.25, 0.3) is 0 Å². The van der Waals surface area contributed by atoms with E-state index in [0.717, 1.165) is 42.5 Å². The van der Waals surface area contributed by atoms with Crippen LogP contribution in [0.1, 0.15) is 16.7 Å². The molecule has 1 aliphatic heterocycles. The van der Waals surface area contributed by atoms with E-state index in [4.69, 9.17) is 16.3 Å². The molecule has 0 amide bonds. The smallest absolute Gasteiger partial charge is 0.127 e. The molecule has 19 heavy (non-hydrogen) atoms. The Hall–Kier alpha value is -1.52. The van der Waals surface area contributed by atoms with Gasteiger partial charge in [0.2, 0.25) is 0 Å². The standard InChI is InChI=1S/C14H16ClN3O/c1-18-9-10(7-17-18)6-16-8-12-5-13(15)4-11-2-3-19-14(11)12/h4-5,7,9,16H,2-3,6,8H2,1H3. The number of aromatic nitrogens is 2. The van der Waals surface area contributed by atoms with Gasteiger partial charge in [0.25, 0.3) is 0 Å². The Morgan fingerprint density at radius 2 is 2.32 bits per heavy atom. The fraction of sp³-hybridized carbons (Fsp3) is 0.357. The van der Waals surface area contributed by atoms with Gasteiger partial charge in [-0.2, -0.15) is 5.10 Å². The lowest BCUT2D eigenvalue weighted by atomic mass is 10.1. The number of benzene rings is 1. The lowest BCUT2D eigenvalue weighted by Crippen LogP contribution is -2.13. The highest BCUT2D eigenvalue weighted by Gasteiger charge is 2.17. The van der Waals surface area contributed by atoms with Gasteiger partial charge >= 0.3 is 0 Å². The van der Waals surface area contributed by atoms with Gasteiger partial charge < -0.3 is 10.1 Å². The van der Waals surface area contributed by atoms with E-state index in [9.17, 15) is 0 Å². The van der Waals surface area contributed by atoms with E-state index in [-0.39, 0.29) is 0 Å². The molecule has 0 radical (unpaired) electrons. The van der Waals surface area contributed by atoms with Crippen LogP contribution in [0.4, 0.5) is 0 Å². The van der Waals surface area contributed by atoms with Gasteiger partial charge in [0.15, 0.2) is 0 Å². The summed E-state index contributed by atoms with van der Waals surface area (Å²) in [7, 11) is 1.92. The Morgan fingerprint density at radius 1 is 1.42 bits per heavy atom. The summed E-state index contributed by atoms with van der Waals surface area (Å²) in [5.41, 5.74) is 3.51. The lowest BCUT2D eigenvalue weighted by Gasteiger charge is -2.09. The molecular formula is C14H16ClN3O. The van der Waals surface area contributed by atoms with Crippen LogP contribution in [0.3, 0.4) is 0 Å². The van der Waals surface area contributed by atoms with Crippen molar-refractivity contribution in [2.24, 2.45) is 7.05 Å². The molecule has 2 heterocycles. The number of rotatable bonds is 4. The van der Waals surface area contributed by atoms with E-state index in [1.54, 1.807) is 4.68 Å². The van der Waals surface area contributed by atoms with Gasteiger partial charge in [-0.15, -0.1) is 0 Å². The van der Waals surface area contributed by atoms with E-state index >= 15 is 0 Å². The van der Waals surface area contributed by atoms with Crippen molar-refractivity contribution in [3.8, 4) is 5.75 Å². The first-order valence-corrected chi connectivity index (χ1v) is 6.72. The van der Waals surface area contributed by atoms with Crippen LogP contribution >= 0.6 is 11.6 Å². The Labute approximate surface area is 117 Å². The fourth-order valence-electron chi connectivity index (χ4n) is 2.38. The highest BCUT2D eigenvalue weighted by Crippen LogP contribution is 2.32. The first-order valence-electron chi connectivity index (χ1n) is 6.35. The predicted molar refractivity (Wildman–Crippen MR) is 74.4 cm³/mol. The van der Waals surface area contributed by atoms with Crippen LogP contribution in [0.2, 0.25) is 5.02 Å². The van der Waals surface area contributed by atoms with Gasteiger partial charge in [-0.3, -0.25) is 4.68 Å². The highest BCUT2D eigenvalue weighted by molar-refractivity contribution is 6.30. The van der Waals surface area contributed by atoms with Gasteiger partial charge in [0.1, 0.15) is 5.75 Å². The topological polar surface area (TPSA) is 39.1 Å². The van der Waals surface area contributed by atoms with Crippen molar-refractivity contribution in [3.63, 3.8) is 0 Å². The Balaban J connectivity index is 1.67. The third kappa shape index (κ3) is 2.74. The predicted octanol–water partition coefficient (Wildman–Crippen LogP) is 2.30. The molecule has 1 aromatic heterocycles. The zero-order chi connectivity index (χ0) is 13.2. The largest absolute Gasteiger partial charge is 0.493 e. The van der Waals surface area contributed by atoms with E-state index in [1.165, 1.54) is 11.1 Å². The molecule has 3 rings (SSSR count). The number of halogens is 1. The maximum atomic E-state index is 6.13. The number of nitrogens with zero attached hydrogens (tertiary/aromatic N) is 2. The summed E-state index contributed by atoms with van der Waals surface area (Å²) in [6.07, 6.45) is 4.82. The zero-order valence-corrected chi connectivity index (χ0v) is 11.6. The molecule has 1 aromatic carbocycles. The number of hydrogen-bond acceptors (Lipinski definition) is 3. The van der Waals surface area contributed by atoms with Crippen LogP contribution < -0.4 is 10.1 Å². The van der Waals surface area contributed by atoms with Gasteiger partial charge in [0, 0.05) is 48.9 Å². The maximum absolute atomic E-state index is 6.13. The minimum atomic E-state index is 0.748. The summed E-state index contributed by atoms with van der Waals surface area (Å²) in [4.78, 5) is 0. The second kappa shape index (κ2) is 5.23. The van der Waals surface area contributed by atoms with Gasteiger partial charge in [0.05, 0.1) is 12.8 Å². The molecular weight excluding hydrogens is 262 g/mol. The molecule has 0 saturated heterocycles.